The molecule has 0 spiro atoms. The average Bonchev–Trinajstić information content (AvgIpc) is 2.50. The van der Waals surface area contributed by atoms with Gasteiger partial charge in [-0.05, 0) is 49.2 Å². The van der Waals surface area contributed by atoms with Crippen LogP contribution in [0, 0.1) is 0 Å². The zero-order valence-electron chi connectivity index (χ0n) is 11.8. The Morgan fingerprint density at radius 1 is 0.905 bits per heavy atom. The van der Waals surface area contributed by atoms with E-state index in [2.05, 4.69) is 5.32 Å². The first-order valence-corrected chi connectivity index (χ1v) is 8.60. The van der Waals surface area contributed by atoms with Crippen molar-refractivity contribution in [3.05, 3.63) is 54.6 Å². The van der Waals surface area contributed by atoms with Gasteiger partial charge in [-0.15, -0.1) is 0 Å². The summed E-state index contributed by atoms with van der Waals surface area (Å²) in [5.74, 6) is 0.181. The lowest BCUT2D eigenvalue weighted by molar-refractivity contribution is 0.592. The molecule has 0 aliphatic rings. The van der Waals surface area contributed by atoms with E-state index in [1.54, 1.807) is 24.3 Å². The van der Waals surface area contributed by atoms with Crippen LogP contribution in [0.3, 0.4) is 0 Å². The van der Waals surface area contributed by atoms with Gasteiger partial charge in [0.2, 0.25) is 0 Å². The molecule has 2 aromatic rings. The summed E-state index contributed by atoms with van der Waals surface area (Å²) < 4.78 is 24.1. The third kappa shape index (κ3) is 4.79. The van der Waals surface area contributed by atoms with Gasteiger partial charge in [-0.1, -0.05) is 18.2 Å². The molecule has 0 fully saturated rings. The van der Waals surface area contributed by atoms with E-state index in [9.17, 15) is 8.42 Å². The molecule has 4 nitrogen and oxygen atoms in total. The standard InChI is InChI=1S/C16H20N2O2S/c17-14-8-10-15(11-9-14)18-12-4-5-13-21(19,20)16-6-2-1-3-7-16/h1-3,6-11,18H,4-5,12-13,17H2. The molecule has 0 radical (unpaired) electrons. The molecule has 0 atom stereocenters. The Morgan fingerprint density at radius 2 is 1.57 bits per heavy atom. The van der Waals surface area contributed by atoms with E-state index < -0.39 is 9.84 Å². The number of benzene rings is 2. The molecule has 0 saturated heterocycles. The van der Waals surface area contributed by atoms with Gasteiger partial charge in [0.1, 0.15) is 0 Å². The Labute approximate surface area is 125 Å². The second-order valence-corrected chi connectivity index (χ2v) is 7.00. The quantitative estimate of drug-likeness (QED) is 0.609. The third-order valence-electron chi connectivity index (χ3n) is 3.18. The van der Waals surface area contributed by atoms with Gasteiger partial charge in [0, 0.05) is 17.9 Å². The SMILES string of the molecule is Nc1ccc(NCCCCS(=O)(=O)c2ccccc2)cc1. The van der Waals surface area contributed by atoms with Crippen LogP contribution in [-0.4, -0.2) is 20.7 Å². The van der Waals surface area contributed by atoms with Crippen molar-refractivity contribution in [2.75, 3.05) is 23.3 Å². The van der Waals surface area contributed by atoms with Gasteiger partial charge >= 0.3 is 0 Å². The summed E-state index contributed by atoms with van der Waals surface area (Å²) in [5, 5.41) is 3.25. The zero-order valence-corrected chi connectivity index (χ0v) is 12.6. The number of nitrogens with one attached hydrogen (secondary N) is 1. The van der Waals surface area contributed by atoms with E-state index in [0.29, 0.717) is 11.3 Å². The Morgan fingerprint density at radius 3 is 2.24 bits per heavy atom. The van der Waals surface area contributed by atoms with Crippen LogP contribution in [0.5, 0.6) is 0 Å². The van der Waals surface area contributed by atoms with E-state index in [0.717, 1.165) is 24.3 Å². The number of unbranched alkanes of at least 4 members (excludes halogenated alkanes) is 1. The molecule has 0 bridgehead atoms. The molecule has 112 valence electrons. The highest BCUT2D eigenvalue weighted by atomic mass is 32.2. The summed E-state index contributed by atoms with van der Waals surface area (Å²) >= 11 is 0. The summed E-state index contributed by atoms with van der Waals surface area (Å²) in [5.41, 5.74) is 7.34. The molecule has 0 amide bonds. The summed E-state index contributed by atoms with van der Waals surface area (Å²) in [6.45, 7) is 0.744. The first kappa shape index (κ1) is 15.4. The second-order valence-electron chi connectivity index (χ2n) is 4.89. The lowest BCUT2D eigenvalue weighted by Crippen LogP contribution is -2.09. The van der Waals surface area contributed by atoms with Crippen LogP contribution in [-0.2, 0) is 9.84 Å². The minimum absolute atomic E-state index is 0.181. The van der Waals surface area contributed by atoms with E-state index in [4.69, 9.17) is 5.73 Å². The van der Waals surface area contributed by atoms with Crippen LogP contribution in [0.2, 0.25) is 0 Å². The summed E-state index contributed by atoms with van der Waals surface area (Å²) in [7, 11) is -3.16. The minimum atomic E-state index is -3.16. The molecule has 21 heavy (non-hydrogen) atoms. The largest absolute Gasteiger partial charge is 0.399 e. The fourth-order valence-electron chi connectivity index (χ4n) is 2.00. The summed E-state index contributed by atoms with van der Waals surface area (Å²) in [4.78, 5) is 0.400. The van der Waals surface area contributed by atoms with E-state index in [1.165, 1.54) is 0 Å². The Hall–Kier alpha value is -2.01. The first-order valence-electron chi connectivity index (χ1n) is 6.95. The average molecular weight is 304 g/mol. The number of sulfone groups is 1. The molecular weight excluding hydrogens is 284 g/mol. The van der Waals surface area contributed by atoms with Crippen LogP contribution in [0.25, 0.3) is 0 Å². The molecule has 2 rings (SSSR count). The predicted molar refractivity (Wildman–Crippen MR) is 87.1 cm³/mol. The fourth-order valence-corrected chi connectivity index (χ4v) is 3.39. The van der Waals surface area contributed by atoms with Crippen molar-refractivity contribution in [2.45, 2.75) is 17.7 Å². The Kier molecular flexibility index (Phi) is 5.22. The summed E-state index contributed by atoms with van der Waals surface area (Å²) in [6.07, 6.45) is 1.44. The van der Waals surface area contributed by atoms with Crippen molar-refractivity contribution in [2.24, 2.45) is 0 Å². The molecule has 0 aliphatic heterocycles. The number of hydrogen-bond donors (Lipinski definition) is 2. The van der Waals surface area contributed by atoms with Crippen LogP contribution in [0.4, 0.5) is 11.4 Å². The number of hydrogen-bond acceptors (Lipinski definition) is 4. The van der Waals surface area contributed by atoms with Gasteiger partial charge in [-0.2, -0.15) is 0 Å². The molecular formula is C16H20N2O2S. The molecule has 3 N–H and O–H groups in total. The highest BCUT2D eigenvalue weighted by molar-refractivity contribution is 7.91. The van der Waals surface area contributed by atoms with Crippen LogP contribution in [0.1, 0.15) is 12.8 Å². The Balaban J connectivity index is 1.73. The van der Waals surface area contributed by atoms with E-state index in [-0.39, 0.29) is 5.75 Å². The molecule has 0 heterocycles. The second kappa shape index (κ2) is 7.13. The molecule has 0 saturated carbocycles. The van der Waals surface area contributed by atoms with Crippen molar-refractivity contribution in [3.63, 3.8) is 0 Å². The number of nitrogens with two attached hydrogens (primary N) is 1. The highest BCUT2D eigenvalue weighted by Gasteiger charge is 2.12. The van der Waals surface area contributed by atoms with E-state index in [1.807, 2.05) is 30.3 Å². The lowest BCUT2D eigenvalue weighted by Gasteiger charge is -2.07. The maximum Gasteiger partial charge on any atom is 0.178 e. The van der Waals surface area contributed by atoms with Crippen LogP contribution < -0.4 is 11.1 Å². The highest BCUT2D eigenvalue weighted by Crippen LogP contribution is 2.13. The van der Waals surface area contributed by atoms with Crippen molar-refractivity contribution in [3.8, 4) is 0 Å². The van der Waals surface area contributed by atoms with Gasteiger partial charge in [0.25, 0.3) is 0 Å². The Bertz CT molecular complexity index is 652. The van der Waals surface area contributed by atoms with Crippen molar-refractivity contribution >= 4 is 21.2 Å². The van der Waals surface area contributed by atoms with Crippen LogP contribution in [0.15, 0.2) is 59.5 Å². The third-order valence-corrected chi connectivity index (χ3v) is 5.00. The first-order chi connectivity index (χ1) is 10.1. The van der Waals surface area contributed by atoms with Crippen LogP contribution >= 0.6 is 0 Å². The topological polar surface area (TPSA) is 72.2 Å². The molecule has 5 heteroatoms. The number of nitrogen functional groups attached to an aromatic ring is 1. The predicted octanol–water partition coefficient (Wildman–Crippen LogP) is 2.93. The molecule has 0 aromatic heterocycles. The maximum absolute atomic E-state index is 12.1. The van der Waals surface area contributed by atoms with Crippen molar-refractivity contribution < 1.29 is 8.42 Å². The van der Waals surface area contributed by atoms with Gasteiger partial charge < -0.3 is 11.1 Å². The van der Waals surface area contributed by atoms with Crippen molar-refractivity contribution in [1.82, 2.24) is 0 Å². The minimum Gasteiger partial charge on any atom is -0.399 e. The maximum atomic E-state index is 12.1. The van der Waals surface area contributed by atoms with Gasteiger partial charge in [0.15, 0.2) is 9.84 Å². The molecule has 0 unspecified atom stereocenters. The summed E-state index contributed by atoms with van der Waals surface area (Å²) in [6, 6.07) is 16.1. The van der Waals surface area contributed by atoms with Gasteiger partial charge in [0.05, 0.1) is 10.6 Å². The zero-order chi connectivity index (χ0) is 15.1. The molecule has 2 aromatic carbocycles. The monoisotopic (exact) mass is 304 g/mol. The lowest BCUT2D eigenvalue weighted by atomic mass is 10.2. The van der Waals surface area contributed by atoms with Gasteiger partial charge in [-0.25, -0.2) is 8.42 Å². The molecule has 0 aliphatic carbocycles. The van der Waals surface area contributed by atoms with E-state index >= 15 is 0 Å². The number of rotatable bonds is 7. The smallest absolute Gasteiger partial charge is 0.178 e. The normalized spacial score (nSPS) is 11.2. The van der Waals surface area contributed by atoms with Crippen molar-refractivity contribution in [1.29, 1.82) is 0 Å². The fraction of sp³-hybridized carbons (Fsp3) is 0.250. The van der Waals surface area contributed by atoms with Gasteiger partial charge in [-0.3, -0.25) is 0 Å². The number of anilines is 2.